The topological polar surface area (TPSA) is 191 Å². The number of rotatable bonds is 5. The number of ether oxygens (including phenoxy) is 6. The van der Waals surface area contributed by atoms with Gasteiger partial charge in [0.25, 0.3) is 0 Å². The molecule has 0 amide bonds. The number of hydrogen-bond donors (Lipinski definition) is 5. The molecular formula is C23H32O13. The molecule has 4 saturated heterocycles. The molecule has 1 aliphatic carbocycles. The van der Waals surface area contributed by atoms with Crippen molar-refractivity contribution >= 4 is 11.9 Å². The monoisotopic (exact) mass is 516 g/mol. The lowest BCUT2D eigenvalue weighted by atomic mass is 9.58. The maximum absolute atomic E-state index is 12.6. The predicted octanol–water partition coefficient (Wildman–Crippen LogP) is -2.31. The lowest BCUT2D eigenvalue weighted by Gasteiger charge is -2.47. The van der Waals surface area contributed by atoms with Crippen molar-refractivity contribution in [1.29, 1.82) is 0 Å². The van der Waals surface area contributed by atoms with Crippen molar-refractivity contribution in [2.24, 2.45) is 17.3 Å². The Morgan fingerprint density at radius 3 is 2.53 bits per heavy atom. The molecule has 4 aliphatic heterocycles. The molecule has 5 aliphatic rings. The van der Waals surface area contributed by atoms with Crippen LogP contribution in [0.15, 0.2) is 11.3 Å². The van der Waals surface area contributed by atoms with Gasteiger partial charge < -0.3 is 54.0 Å². The number of carbonyl (C=O) groups excluding carboxylic acids is 2. The smallest absolute Gasteiger partial charge is 0.335 e. The summed E-state index contributed by atoms with van der Waals surface area (Å²) in [7, 11) is 0. The van der Waals surface area contributed by atoms with Crippen LogP contribution in [0.5, 0.6) is 0 Å². The first kappa shape index (κ1) is 25.8. The molecule has 202 valence electrons. The maximum atomic E-state index is 12.6. The Kier molecular flexibility index (Phi) is 6.36. The third-order valence-corrected chi connectivity index (χ3v) is 8.31. The average Bonchev–Trinajstić information content (AvgIpc) is 3.24. The van der Waals surface area contributed by atoms with E-state index >= 15 is 0 Å². The van der Waals surface area contributed by atoms with Crippen molar-refractivity contribution in [2.45, 2.75) is 82.0 Å². The Bertz CT molecular complexity index is 950. The summed E-state index contributed by atoms with van der Waals surface area (Å²) in [6.07, 6.45) is -10.8. The number of fused-ring (bicyclic) bond motifs is 2. The van der Waals surface area contributed by atoms with Crippen LogP contribution < -0.4 is 0 Å². The van der Waals surface area contributed by atoms with Crippen LogP contribution in [0.3, 0.4) is 0 Å². The lowest BCUT2D eigenvalue weighted by molar-refractivity contribution is -0.297. The lowest BCUT2D eigenvalue weighted by Crippen LogP contribution is -2.60. The minimum atomic E-state index is -1.74. The van der Waals surface area contributed by atoms with Crippen molar-refractivity contribution in [3.8, 4) is 0 Å². The van der Waals surface area contributed by atoms with E-state index in [9.17, 15) is 35.1 Å². The summed E-state index contributed by atoms with van der Waals surface area (Å²) in [6, 6.07) is 0. The average molecular weight is 516 g/mol. The zero-order chi connectivity index (χ0) is 26.2. The highest BCUT2D eigenvalue weighted by atomic mass is 16.7. The summed E-state index contributed by atoms with van der Waals surface area (Å²) in [5.41, 5.74) is -0.896. The van der Waals surface area contributed by atoms with E-state index in [1.165, 1.54) is 6.92 Å². The summed E-state index contributed by atoms with van der Waals surface area (Å²) in [6.45, 7) is 3.89. The molecule has 5 rings (SSSR count). The molecule has 13 heteroatoms. The van der Waals surface area contributed by atoms with Crippen molar-refractivity contribution < 1.29 is 63.5 Å². The van der Waals surface area contributed by atoms with E-state index < -0.39 is 84.7 Å². The fraction of sp³-hybridized carbons (Fsp3) is 0.826. The fourth-order valence-corrected chi connectivity index (χ4v) is 6.56. The molecule has 4 fully saturated rings. The first-order valence-electron chi connectivity index (χ1n) is 12.0. The molecule has 0 aromatic heterocycles. The first-order chi connectivity index (χ1) is 16.9. The van der Waals surface area contributed by atoms with Crippen LogP contribution in [0, 0.1) is 17.3 Å². The van der Waals surface area contributed by atoms with Gasteiger partial charge in [-0.3, -0.25) is 4.79 Å². The SMILES string of the molecule is CC(=O)OCC1=C(O[C@H]2O[C@H](CO)[C@@H](O)[C@H](O)[C@H]2O)[C@@H](O)[C@@]23C[C@@H]1O[C@]2(C)O[C@@H]1C(=O)OC[C@@H](C)[C@@H]13. The van der Waals surface area contributed by atoms with Crippen molar-refractivity contribution in [3.63, 3.8) is 0 Å². The molecule has 0 unspecified atom stereocenters. The normalized spacial score (nSPS) is 49.8. The number of carbonyl (C=O) groups is 2. The molecule has 1 spiro atoms. The van der Waals surface area contributed by atoms with Gasteiger partial charge >= 0.3 is 11.9 Å². The standard InChI is InChI=1S/C23H32O13/c1-8-6-32-20(30)18-13(8)23-4-11(35-22(23,3)36-18)10(7-31-9(2)25)17(19(23)29)34-21-16(28)15(27)14(26)12(5-24)33-21/h8,11-16,18-19,21,24,26-29H,4-7H2,1-3H3/t8-,11+,12-,13+,14-,15+,16-,18+,19-,21-,22-,23+/m1/s1. The second-order valence-electron chi connectivity index (χ2n) is 10.4. The molecule has 36 heavy (non-hydrogen) atoms. The molecule has 0 saturated carbocycles. The third-order valence-electron chi connectivity index (χ3n) is 8.31. The number of hydrogen-bond acceptors (Lipinski definition) is 13. The molecule has 13 nitrogen and oxygen atoms in total. The zero-order valence-electron chi connectivity index (χ0n) is 20.1. The van der Waals surface area contributed by atoms with Gasteiger partial charge in [-0.05, 0) is 19.3 Å². The Balaban J connectivity index is 1.55. The molecular weight excluding hydrogens is 484 g/mol. The molecule has 12 atom stereocenters. The van der Waals surface area contributed by atoms with Crippen LogP contribution in [0.1, 0.15) is 27.2 Å². The van der Waals surface area contributed by atoms with Gasteiger partial charge in [-0.1, -0.05) is 6.92 Å². The zero-order valence-corrected chi connectivity index (χ0v) is 20.1. The Labute approximate surface area is 206 Å². The highest BCUT2D eigenvalue weighted by Gasteiger charge is 2.77. The predicted molar refractivity (Wildman–Crippen MR) is 113 cm³/mol. The van der Waals surface area contributed by atoms with Gasteiger partial charge in [0.1, 0.15) is 42.9 Å². The largest absolute Gasteiger partial charge is 0.463 e. The van der Waals surface area contributed by atoms with Gasteiger partial charge in [-0.25, -0.2) is 4.79 Å². The van der Waals surface area contributed by atoms with Crippen LogP contribution >= 0.6 is 0 Å². The van der Waals surface area contributed by atoms with E-state index in [0.717, 1.165) is 0 Å². The Morgan fingerprint density at radius 1 is 1.14 bits per heavy atom. The van der Waals surface area contributed by atoms with Crippen LogP contribution in [0.4, 0.5) is 0 Å². The number of aliphatic hydroxyl groups excluding tert-OH is 5. The Morgan fingerprint density at radius 2 is 1.86 bits per heavy atom. The van der Waals surface area contributed by atoms with Gasteiger partial charge in [0.2, 0.25) is 6.29 Å². The number of aliphatic hydroxyl groups is 5. The molecule has 0 aromatic rings. The minimum absolute atomic E-state index is 0.115. The minimum Gasteiger partial charge on any atom is -0.463 e. The van der Waals surface area contributed by atoms with Crippen molar-refractivity contribution in [2.75, 3.05) is 19.8 Å². The van der Waals surface area contributed by atoms with E-state index in [1.807, 2.05) is 6.92 Å². The second kappa shape index (κ2) is 8.88. The van der Waals surface area contributed by atoms with E-state index in [4.69, 9.17) is 28.4 Å². The number of esters is 2. The fourth-order valence-electron chi connectivity index (χ4n) is 6.56. The van der Waals surface area contributed by atoms with E-state index in [1.54, 1.807) is 6.92 Å². The highest BCUT2D eigenvalue weighted by Crippen LogP contribution is 2.67. The van der Waals surface area contributed by atoms with Crippen molar-refractivity contribution in [1.82, 2.24) is 0 Å². The van der Waals surface area contributed by atoms with Crippen LogP contribution in [-0.4, -0.2) is 112 Å². The highest BCUT2D eigenvalue weighted by molar-refractivity contribution is 5.77. The molecule has 5 N–H and O–H groups in total. The Hall–Kier alpha value is -1.84. The second-order valence-corrected chi connectivity index (χ2v) is 10.4. The summed E-state index contributed by atoms with van der Waals surface area (Å²) in [5, 5.41) is 52.3. The van der Waals surface area contributed by atoms with Gasteiger partial charge in [0.15, 0.2) is 11.9 Å². The van der Waals surface area contributed by atoms with E-state index in [-0.39, 0.29) is 36.9 Å². The summed E-state index contributed by atoms with van der Waals surface area (Å²) in [4.78, 5) is 24.2. The summed E-state index contributed by atoms with van der Waals surface area (Å²) in [5.74, 6) is -3.39. The number of cyclic esters (lactones) is 1. The van der Waals surface area contributed by atoms with Crippen LogP contribution in [-0.2, 0) is 38.0 Å². The van der Waals surface area contributed by atoms with Gasteiger partial charge in [-0.15, -0.1) is 0 Å². The molecule has 0 aromatic carbocycles. The van der Waals surface area contributed by atoms with Crippen LogP contribution in [0.25, 0.3) is 0 Å². The molecule has 0 radical (unpaired) electrons. The third kappa shape index (κ3) is 3.52. The summed E-state index contributed by atoms with van der Waals surface area (Å²) >= 11 is 0. The summed E-state index contributed by atoms with van der Waals surface area (Å²) < 4.78 is 34.3. The van der Waals surface area contributed by atoms with E-state index in [0.29, 0.717) is 0 Å². The van der Waals surface area contributed by atoms with Crippen LogP contribution in [0.2, 0.25) is 0 Å². The first-order valence-corrected chi connectivity index (χ1v) is 12.0. The molecule has 2 bridgehead atoms. The quantitative estimate of drug-likeness (QED) is 0.245. The molecule has 4 heterocycles. The van der Waals surface area contributed by atoms with Crippen molar-refractivity contribution in [3.05, 3.63) is 11.3 Å². The van der Waals surface area contributed by atoms with E-state index in [2.05, 4.69) is 0 Å². The maximum Gasteiger partial charge on any atom is 0.335 e. The van der Waals surface area contributed by atoms with Gasteiger partial charge in [0, 0.05) is 18.4 Å². The van der Waals surface area contributed by atoms with Gasteiger partial charge in [-0.2, -0.15) is 0 Å². The van der Waals surface area contributed by atoms with Gasteiger partial charge in [0.05, 0.1) is 24.7 Å².